The van der Waals surface area contributed by atoms with Crippen LogP contribution in [0.5, 0.6) is 5.75 Å². The second-order valence-electron chi connectivity index (χ2n) is 6.90. The predicted molar refractivity (Wildman–Crippen MR) is 111 cm³/mol. The number of hydrogen-bond donors (Lipinski definition) is 2. The molecule has 0 unspecified atom stereocenters. The molecule has 0 spiro atoms. The van der Waals surface area contributed by atoms with Crippen molar-refractivity contribution in [2.45, 2.75) is 32.1 Å². The van der Waals surface area contributed by atoms with E-state index in [1.54, 1.807) is 24.3 Å². The third kappa shape index (κ3) is 4.89. The minimum atomic E-state index is 0.126. The van der Waals surface area contributed by atoms with Crippen molar-refractivity contribution in [3.63, 3.8) is 0 Å². The van der Waals surface area contributed by atoms with Crippen LogP contribution in [0.25, 0.3) is 0 Å². The summed E-state index contributed by atoms with van der Waals surface area (Å²) in [5.74, 6) is 0.322. The Balaban J connectivity index is 0.000000290. The lowest BCUT2D eigenvalue weighted by Crippen LogP contribution is -2.16. The Hall–Kier alpha value is -2.74. The van der Waals surface area contributed by atoms with Crippen LogP contribution in [0, 0.1) is 0 Å². The highest BCUT2D eigenvalue weighted by Crippen LogP contribution is 2.42. The number of likely N-dealkylation sites (N-methyl/N-ethyl adjacent to an activating group) is 1. The van der Waals surface area contributed by atoms with Gasteiger partial charge in [0.25, 0.3) is 0 Å². The number of benzene rings is 2. The fraction of sp³-hybridized carbons (Fsp3) is 0.250. The van der Waals surface area contributed by atoms with Gasteiger partial charge in [-0.15, -0.1) is 6.58 Å². The van der Waals surface area contributed by atoms with Gasteiger partial charge in [0.2, 0.25) is 0 Å². The van der Waals surface area contributed by atoms with Crippen LogP contribution < -0.4 is 5.32 Å². The highest BCUT2D eigenvalue weighted by Gasteiger charge is 2.33. The summed E-state index contributed by atoms with van der Waals surface area (Å²) in [6.45, 7) is 8.39. The zero-order chi connectivity index (χ0) is 19.0. The average Bonchev–Trinajstić information content (AvgIpc) is 2.90. The SMILES string of the molecule is C=CC/C=C(\C=C1/Cc2ccccc2C1(C)C)NC.Oc1ccccc1. The van der Waals surface area contributed by atoms with E-state index in [4.69, 9.17) is 5.11 Å². The highest BCUT2D eigenvalue weighted by atomic mass is 16.3. The summed E-state index contributed by atoms with van der Waals surface area (Å²) < 4.78 is 0. The molecule has 2 heteroatoms. The van der Waals surface area contributed by atoms with E-state index < -0.39 is 0 Å². The van der Waals surface area contributed by atoms with E-state index in [-0.39, 0.29) is 5.41 Å². The van der Waals surface area contributed by atoms with Gasteiger partial charge >= 0.3 is 0 Å². The molecular formula is C24H29NO. The zero-order valence-corrected chi connectivity index (χ0v) is 16.0. The molecule has 0 bridgehead atoms. The van der Waals surface area contributed by atoms with Crippen LogP contribution in [0.2, 0.25) is 0 Å². The molecule has 2 aromatic rings. The van der Waals surface area contributed by atoms with Crippen LogP contribution in [-0.4, -0.2) is 12.2 Å². The lowest BCUT2D eigenvalue weighted by atomic mass is 9.82. The number of para-hydroxylation sites is 1. The number of allylic oxidation sites excluding steroid dienone is 4. The first-order valence-electron chi connectivity index (χ1n) is 9.01. The molecule has 1 aliphatic rings. The molecule has 0 heterocycles. The maximum Gasteiger partial charge on any atom is 0.115 e. The van der Waals surface area contributed by atoms with Crippen LogP contribution in [0.15, 0.2) is 90.7 Å². The van der Waals surface area contributed by atoms with Gasteiger partial charge in [-0.1, -0.05) is 74.0 Å². The summed E-state index contributed by atoms with van der Waals surface area (Å²) in [5, 5.41) is 11.9. The maximum absolute atomic E-state index is 8.63. The summed E-state index contributed by atoms with van der Waals surface area (Å²) in [6, 6.07) is 17.5. The average molecular weight is 348 g/mol. The summed E-state index contributed by atoms with van der Waals surface area (Å²) in [4.78, 5) is 0. The minimum Gasteiger partial charge on any atom is -0.508 e. The van der Waals surface area contributed by atoms with E-state index in [9.17, 15) is 0 Å². The Morgan fingerprint density at radius 3 is 2.31 bits per heavy atom. The van der Waals surface area contributed by atoms with E-state index in [1.165, 1.54) is 22.4 Å². The summed E-state index contributed by atoms with van der Waals surface area (Å²) >= 11 is 0. The van der Waals surface area contributed by atoms with Crippen molar-refractivity contribution in [3.8, 4) is 5.75 Å². The molecule has 2 nitrogen and oxygen atoms in total. The molecule has 0 saturated carbocycles. The van der Waals surface area contributed by atoms with Gasteiger partial charge in [0.1, 0.15) is 5.75 Å². The molecule has 0 fully saturated rings. The van der Waals surface area contributed by atoms with E-state index in [1.807, 2.05) is 19.2 Å². The molecule has 0 atom stereocenters. The fourth-order valence-electron chi connectivity index (χ4n) is 3.17. The van der Waals surface area contributed by atoms with Crippen molar-refractivity contribution in [1.82, 2.24) is 5.32 Å². The Morgan fingerprint density at radius 2 is 1.77 bits per heavy atom. The number of phenolic OH excluding ortho intramolecular Hbond substituents is 1. The zero-order valence-electron chi connectivity index (χ0n) is 16.0. The quantitative estimate of drug-likeness (QED) is 0.714. The number of rotatable bonds is 4. The molecule has 0 saturated heterocycles. The number of nitrogens with one attached hydrogen (secondary N) is 1. The van der Waals surface area contributed by atoms with E-state index in [0.717, 1.165) is 12.8 Å². The molecule has 136 valence electrons. The monoisotopic (exact) mass is 347 g/mol. The minimum absolute atomic E-state index is 0.126. The molecule has 0 radical (unpaired) electrons. The lowest BCUT2D eigenvalue weighted by Gasteiger charge is -2.22. The van der Waals surface area contributed by atoms with Crippen LogP contribution in [0.3, 0.4) is 0 Å². The number of phenols is 1. The molecule has 26 heavy (non-hydrogen) atoms. The van der Waals surface area contributed by atoms with Crippen molar-refractivity contribution in [2.24, 2.45) is 0 Å². The third-order valence-corrected chi connectivity index (χ3v) is 4.75. The van der Waals surface area contributed by atoms with Gasteiger partial charge in [0.05, 0.1) is 0 Å². The topological polar surface area (TPSA) is 32.3 Å². The van der Waals surface area contributed by atoms with Crippen LogP contribution in [-0.2, 0) is 11.8 Å². The molecule has 1 aliphatic carbocycles. The second kappa shape index (κ2) is 9.10. The predicted octanol–water partition coefficient (Wildman–Crippen LogP) is 5.52. The fourth-order valence-corrected chi connectivity index (χ4v) is 3.17. The molecule has 2 N–H and O–H groups in total. The number of fused-ring (bicyclic) bond motifs is 1. The van der Waals surface area contributed by atoms with Gasteiger partial charge in [-0.2, -0.15) is 0 Å². The highest BCUT2D eigenvalue weighted by molar-refractivity contribution is 5.51. The number of hydrogen-bond acceptors (Lipinski definition) is 2. The first-order valence-corrected chi connectivity index (χ1v) is 9.01. The third-order valence-electron chi connectivity index (χ3n) is 4.75. The van der Waals surface area contributed by atoms with Gasteiger partial charge < -0.3 is 10.4 Å². The summed E-state index contributed by atoms with van der Waals surface area (Å²) in [6.07, 6.45) is 8.34. The largest absolute Gasteiger partial charge is 0.508 e. The van der Waals surface area contributed by atoms with Gasteiger partial charge in [0, 0.05) is 18.2 Å². The van der Waals surface area contributed by atoms with Crippen LogP contribution >= 0.6 is 0 Å². The van der Waals surface area contributed by atoms with Crippen molar-refractivity contribution < 1.29 is 5.11 Å². The standard InChI is InChI=1S/C18H23N.C6H6O/c1-5-6-10-16(19-4)13-15-12-14-9-7-8-11-17(14)18(15,2)3;7-6-4-2-1-3-5-6/h5,7-11,13,19H,1,6,12H2,2-4H3;1-5,7H/b15-13+,16-10+;. The summed E-state index contributed by atoms with van der Waals surface area (Å²) in [5.41, 5.74) is 5.69. The number of aromatic hydroxyl groups is 1. The normalized spacial score (nSPS) is 16.4. The Bertz CT molecular complexity index is 785. The van der Waals surface area contributed by atoms with Gasteiger partial charge in [-0.3, -0.25) is 0 Å². The van der Waals surface area contributed by atoms with Gasteiger partial charge in [0.15, 0.2) is 0 Å². The van der Waals surface area contributed by atoms with Gasteiger partial charge in [-0.25, -0.2) is 0 Å². The van der Waals surface area contributed by atoms with E-state index in [2.05, 4.69) is 62.2 Å². The van der Waals surface area contributed by atoms with Crippen molar-refractivity contribution in [2.75, 3.05) is 7.05 Å². The van der Waals surface area contributed by atoms with E-state index >= 15 is 0 Å². The molecule has 0 aliphatic heterocycles. The maximum atomic E-state index is 8.63. The lowest BCUT2D eigenvalue weighted by molar-refractivity contribution is 0.475. The molecule has 3 rings (SSSR count). The van der Waals surface area contributed by atoms with E-state index in [0.29, 0.717) is 5.75 Å². The molecule has 0 amide bonds. The second-order valence-corrected chi connectivity index (χ2v) is 6.90. The first kappa shape index (κ1) is 19.6. The first-order chi connectivity index (χ1) is 12.5. The van der Waals surface area contributed by atoms with Crippen molar-refractivity contribution in [1.29, 1.82) is 0 Å². The Kier molecular flexibility index (Phi) is 6.85. The smallest absolute Gasteiger partial charge is 0.115 e. The van der Waals surface area contributed by atoms with Crippen molar-refractivity contribution >= 4 is 0 Å². The van der Waals surface area contributed by atoms with Crippen LogP contribution in [0.1, 0.15) is 31.4 Å². The van der Waals surface area contributed by atoms with Crippen molar-refractivity contribution in [3.05, 3.63) is 102 Å². The Morgan fingerprint density at radius 1 is 1.12 bits per heavy atom. The molecule has 2 aromatic carbocycles. The molecular weight excluding hydrogens is 318 g/mol. The van der Waals surface area contributed by atoms with Gasteiger partial charge in [-0.05, 0) is 42.2 Å². The summed E-state index contributed by atoms with van der Waals surface area (Å²) in [7, 11) is 1.97. The van der Waals surface area contributed by atoms with Crippen LogP contribution in [0.4, 0.5) is 0 Å². The molecule has 0 aromatic heterocycles. The Labute approximate surface area is 157 Å².